The molecule has 1 fully saturated rings. The Labute approximate surface area is 176 Å². The minimum atomic E-state index is -0.691. The van der Waals surface area contributed by atoms with E-state index in [-0.39, 0.29) is 11.3 Å². The van der Waals surface area contributed by atoms with Gasteiger partial charge < -0.3 is 19.5 Å². The van der Waals surface area contributed by atoms with Crippen molar-refractivity contribution in [3.63, 3.8) is 0 Å². The highest BCUT2D eigenvalue weighted by molar-refractivity contribution is 6.46. The zero-order chi connectivity index (χ0) is 21.7. The number of aliphatic hydroxyl groups excluding tert-OH is 1. The van der Waals surface area contributed by atoms with Crippen molar-refractivity contribution in [1.29, 1.82) is 0 Å². The second-order valence-electron chi connectivity index (χ2n) is 7.21. The molecule has 1 heterocycles. The molecule has 1 N–H and O–H groups in total. The van der Waals surface area contributed by atoms with E-state index in [4.69, 9.17) is 9.47 Å². The molecule has 0 spiro atoms. The predicted molar refractivity (Wildman–Crippen MR) is 114 cm³/mol. The van der Waals surface area contributed by atoms with Gasteiger partial charge in [-0.15, -0.1) is 0 Å². The Morgan fingerprint density at radius 2 is 1.87 bits per heavy atom. The molecule has 1 saturated heterocycles. The molecule has 0 bridgehead atoms. The summed E-state index contributed by atoms with van der Waals surface area (Å²) in [6.45, 7) is 5.14. The first-order valence-electron chi connectivity index (χ1n) is 10.0. The summed E-state index contributed by atoms with van der Waals surface area (Å²) in [5.74, 6) is -0.828. The fraction of sp³-hybridized carbons (Fsp3) is 0.333. The Hall–Kier alpha value is -3.12. The van der Waals surface area contributed by atoms with Gasteiger partial charge in [-0.3, -0.25) is 9.59 Å². The molecule has 2 aromatic carbocycles. The molecule has 30 heavy (non-hydrogen) atoms. The van der Waals surface area contributed by atoms with Crippen molar-refractivity contribution in [2.45, 2.75) is 26.3 Å². The Balaban J connectivity index is 2.11. The second kappa shape index (κ2) is 9.59. The number of methoxy groups -OCH3 is 1. The van der Waals surface area contributed by atoms with E-state index >= 15 is 0 Å². The molecule has 0 saturated carbocycles. The number of rotatable bonds is 8. The molecule has 1 amide bonds. The summed E-state index contributed by atoms with van der Waals surface area (Å²) in [6, 6.07) is 13.8. The molecule has 2 aromatic rings. The molecule has 158 valence electrons. The lowest BCUT2D eigenvalue weighted by Gasteiger charge is -2.25. The van der Waals surface area contributed by atoms with Crippen molar-refractivity contribution in [1.82, 2.24) is 4.90 Å². The van der Waals surface area contributed by atoms with Gasteiger partial charge in [-0.2, -0.15) is 0 Å². The van der Waals surface area contributed by atoms with Gasteiger partial charge >= 0.3 is 0 Å². The summed E-state index contributed by atoms with van der Waals surface area (Å²) in [4.78, 5) is 27.3. The SMILES string of the molecule is CCOc1cccc([C@H]2C(=C(O)c3ccc(C)cc3)C(=O)C(=O)N2CCCOC)c1. The van der Waals surface area contributed by atoms with Crippen molar-refractivity contribution in [2.75, 3.05) is 26.9 Å². The summed E-state index contributed by atoms with van der Waals surface area (Å²) in [5, 5.41) is 11.0. The van der Waals surface area contributed by atoms with E-state index in [1.165, 1.54) is 4.90 Å². The Bertz CT molecular complexity index is 948. The van der Waals surface area contributed by atoms with E-state index in [2.05, 4.69) is 0 Å². The summed E-state index contributed by atoms with van der Waals surface area (Å²) < 4.78 is 10.7. The zero-order valence-corrected chi connectivity index (χ0v) is 17.6. The van der Waals surface area contributed by atoms with E-state index in [1.807, 2.05) is 50.2 Å². The molecular formula is C24H27NO5. The zero-order valence-electron chi connectivity index (χ0n) is 17.6. The molecular weight excluding hydrogens is 382 g/mol. The van der Waals surface area contributed by atoms with Crippen molar-refractivity contribution in [3.8, 4) is 5.75 Å². The first kappa shape index (κ1) is 21.6. The fourth-order valence-corrected chi connectivity index (χ4v) is 3.64. The van der Waals surface area contributed by atoms with Gasteiger partial charge in [0.1, 0.15) is 11.5 Å². The maximum absolute atomic E-state index is 13.0. The van der Waals surface area contributed by atoms with Crippen LogP contribution >= 0.6 is 0 Å². The number of benzene rings is 2. The van der Waals surface area contributed by atoms with Crippen molar-refractivity contribution < 1.29 is 24.2 Å². The third kappa shape index (κ3) is 4.39. The molecule has 6 heteroatoms. The number of ketones is 1. The van der Waals surface area contributed by atoms with Crippen LogP contribution in [0, 0.1) is 6.92 Å². The van der Waals surface area contributed by atoms with Gasteiger partial charge in [-0.1, -0.05) is 42.0 Å². The lowest BCUT2D eigenvalue weighted by molar-refractivity contribution is -0.140. The average Bonchev–Trinajstić information content (AvgIpc) is 2.99. The highest BCUT2D eigenvalue weighted by atomic mass is 16.5. The van der Waals surface area contributed by atoms with Gasteiger partial charge in [0.05, 0.1) is 18.2 Å². The first-order chi connectivity index (χ1) is 14.5. The number of hydrogen-bond donors (Lipinski definition) is 1. The van der Waals surface area contributed by atoms with Gasteiger partial charge in [0.25, 0.3) is 11.7 Å². The monoisotopic (exact) mass is 409 g/mol. The van der Waals surface area contributed by atoms with E-state index in [1.54, 1.807) is 19.2 Å². The van der Waals surface area contributed by atoms with Gasteiger partial charge in [0, 0.05) is 25.8 Å². The second-order valence-corrected chi connectivity index (χ2v) is 7.21. The molecule has 0 unspecified atom stereocenters. The normalized spacial score (nSPS) is 18.1. The smallest absolute Gasteiger partial charge is 0.295 e. The number of aliphatic hydroxyl groups is 1. The Morgan fingerprint density at radius 1 is 1.13 bits per heavy atom. The topological polar surface area (TPSA) is 76.1 Å². The van der Waals surface area contributed by atoms with Gasteiger partial charge in [0.2, 0.25) is 0 Å². The number of carbonyl (C=O) groups excluding carboxylic acids is 2. The molecule has 0 aromatic heterocycles. The van der Waals surface area contributed by atoms with Crippen LogP contribution in [0.25, 0.3) is 5.76 Å². The lowest BCUT2D eigenvalue weighted by atomic mass is 9.95. The number of nitrogens with zero attached hydrogens (tertiary/aromatic N) is 1. The maximum Gasteiger partial charge on any atom is 0.295 e. The Kier molecular flexibility index (Phi) is 6.90. The summed E-state index contributed by atoms with van der Waals surface area (Å²) >= 11 is 0. The number of hydrogen-bond acceptors (Lipinski definition) is 5. The highest BCUT2D eigenvalue weighted by Gasteiger charge is 2.45. The number of amides is 1. The standard InChI is InChI=1S/C24H27NO5/c1-4-30-19-8-5-7-18(15-19)21-20(22(26)17-11-9-16(2)10-12-17)23(27)24(28)25(21)13-6-14-29-3/h5,7-12,15,21,26H,4,6,13-14H2,1-3H3/t21-/m0/s1. The Morgan fingerprint density at radius 3 is 2.53 bits per heavy atom. The average molecular weight is 409 g/mol. The van der Waals surface area contributed by atoms with Crippen molar-refractivity contribution >= 4 is 17.4 Å². The number of likely N-dealkylation sites (tertiary alicyclic amines) is 1. The van der Waals surface area contributed by atoms with Gasteiger partial charge in [-0.25, -0.2) is 0 Å². The molecule has 1 aliphatic heterocycles. The van der Waals surface area contributed by atoms with Crippen LogP contribution in [-0.2, 0) is 14.3 Å². The van der Waals surface area contributed by atoms with Crippen LogP contribution in [0.1, 0.15) is 36.1 Å². The highest BCUT2D eigenvalue weighted by Crippen LogP contribution is 2.40. The van der Waals surface area contributed by atoms with Crippen LogP contribution in [0.3, 0.4) is 0 Å². The number of aryl methyl sites for hydroxylation is 1. The molecule has 1 atom stereocenters. The number of Topliss-reactive ketones (excluding diaryl/α,β-unsaturated/α-hetero) is 1. The minimum Gasteiger partial charge on any atom is -0.507 e. The third-order valence-corrected chi connectivity index (χ3v) is 5.10. The van der Waals surface area contributed by atoms with Crippen molar-refractivity contribution in [2.24, 2.45) is 0 Å². The van der Waals surface area contributed by atoms with E-state index < -0.39 is 17.7 Å². The molecule has 0 aliphatic carbocycles. The maximum atomic E-state index is 13.0. The predicted octanol–water partition coefficient (Wildman–Crippen LogP) is 3.85. The van der Waals surface area contributed by atoms with Crippen LogP contribution in [0.2, 0.25) is 0 Å². The van der Waals surface area contributed by atoms with Crippen LogP contribution in [0.4, 0.5) is 0 Å². The number of carbonyl (C=O) groups is 2. The van der Waals surface area contributed by atoms with E-state index in [0.29, 0.717) is 43.1 Å². The molecule has 0 radical (unpaired) electrons. The molecule has 6 nitrogen and oxygen atoms in total. The van der Waals surface area contributed by atoms with Gasteiger partial charge in [0.15, 0.2) is 0 Å². The number of ether oxygens (including phenoxy) is 2. The summed E-state index contributed by atoms with van der Waals surface area (Å²) in [5.41, 5.74) is 2.34. The summed E-state index contributed by atoms with van der Waals surface area (Å²) in [6.07, 6.45) is 0.579. The largest absolute Gasteiger partial charge is 0.507 e. The molecule has 3 rings (SSSR count). The van der Waals surface area contributed by atoms with Crippen LogP contribution in [0.5, 0.6) is 5.75 Å². The third-order valence-electron chi connectivity index (χ3n) is 5.10. The van der Waals surface area contributed by atoms with E-state index in [9.17, 15) is 14.7 Å². The van der Waals surface area contributed by atoms with Crippen LogP contribution in [0.15, 0.2) is 54.1 Å². The molecule has 1 aliphatic rings. The fourth-order valence-electron chi connectivity index (χ4n) is 3.64. The van der Waals surface area contributed by atoms with Crippen LogP contribution < -0.4 is 4.74 Å². The van der Waals surface area contributed by atoms with Crippen LogP contribution in [-0.4, -0.2) is 48.6 Å². The van der Waals surface area contributed by atoms with E-state index in [0.717, 1.165) is 5.56 Å². The quantitative estimate of drug-likeness (QED) is 0.310. The summed E-state index contributed by atoms with van der Waals surface area (Å²) in [7, 11) is 1.59. The van der Waals surface area contributed by atoms with Crippen molar-refractivity contribution in [3.05, 3.63) is 70.8 Å². The first-order valence-corrected chi connectivity index (χ1v) is 10.0. The minimum absolute atomic E-state index is 0.0925. The van der Waals surface area contributed by atoms with Gasteiger partial charge in [-0.05, 0) is 38.0 Å². The lowest BCUT2D eigenvalue weighted by Crippen LogP contribution is -2.31.